The van der Waals surface area contributed by atoms with Gasteiger partial charge in [-0.1, -0.05) is 6.07 Å². The van der Waals surface area contributed by atoms with Gasteiger partial charge in [0.25, 0.3) is 0 Å². The number of piperidine rings is 1. The molecule has 1 aliphatic carbocycles. The topological polar surface area (TPSA) is 59.8 Å². The molecule has 2 N–H and O–H groups in total. The summed E-state index contributed by atoms with van der Waals surface area (Å²) in [5.41, 5.74) is 2.55. The Hall–Kier alpha value is -1.95. The highest BCUT2D eigenvalue weighted by Crippen LogP contribution is 2.53. The lowest BCUT2D eigenvalue weighted by atomic mass is 9.57. The zero-order chi connectivity index (χ0) is 23.8. The predicted molar refractivity (Wildman–Crippen MR) is 136 cm³/mol. The molecule has 3 unspecified atom stereocenters. The van der Waals surface area contributed by atoms with Crippen molar-refractivity contribution >= 4 is 0 Å². The quantitative estimate of drug-likeness (QED) is 0.641. The molecule has 0 amide bonds. The van der Waals surface area contributed by atoms with Gasteiger partial charge in [-0.2, -0.15) is 0 Å². The number of nitrogens with zero attached hydrogens (tertiary/aromatic N) is 3. The summed E-state index contributed by atoms with van der Waals surface area (Å²) < 4.78 is 0. The molecule has 5 rings (SSSR count). The second-order valence-corrected chi connectivity index (χ2v) is 11.2. The first-order chi connectivity index (χ1) is 16.4. The molecule has 5 heteroatoms. The van der Waals surface area contributed by atoms with E-state index in [4.69, 9.17) is 0 Å². The fourth-order valence-corrected chi connectivity index (χ4v) is 6.81. The number of benzene rings is 1. The number of phenols is 1. The molecule has 2 saturated heterocycles. The summed E-state index contributed by atoms with van der Waals surface area (Å²) in [5.74, 6) is 1.13. The zero-order valence-corrected chi connectivity index (χ0v) is 20.9. The van der Waals surface area contributed by atoms with E-state index < -0.39 is 5.60 Å². The molecule has 3 fully saturated rings. The van der Waals surface area contributed by atoms with Crippen molar-refractivity contribution in [3.8, 4) is 5.75 Å². The number of phenolic OH excluding ortho intramolecular Hbond substituents is 1. The maximum Gasteiger partial charge on any atom is 0.115 e. The monoisotopic (exact) mass is 463 g/mol. The molecule has 0 bridgehead atoms. The molecular weight excluding hydrogens is 422 g/mol. The van der Waals surface area contributed by atoms with Crippen molar-refractivity contribution in [2.75, 3.05) is 32.7 Å². The Balaban J connectivity index is 1.39. The summed E-state index contributed by atoms with van der Waals surface area (Å²) in [6.45, 7) is 9.51. The van der Waals surface area contributed by atoms with Crippen LogP contribution in [0.4, 0.5) is 0 Å². The van der Waals surface area contributed by atoms with Gasteiger partial charge in [0, 0.05) is 36.9 Å². The van der Waals surface area contributed by atoms with E-state index >= 15 is 0 Å². The molecule has 1 saturated carbocycles. The highest BCUT2D eigenvalue weighted by molar-refractivity contribution is 5.43. The molecule has 3 heterocycles. The molecule has 2 aliphatic heterocycles. The van der Waals surface area contributed by atoms with E-state index in [1.807, 2.05) is 24.5 Å². The second-order valence-electron chi connectivity index (χ2n) is 11.2. The number of aromatic hydroxyl groups is 1. The Labute approximate surface area is 204 Å². The minimum absolute atomic E-state index is 0.111. The van der Waals surface area contributed by atoms with Gasteiger partial charge in [0.2, 0.25) is 0 Å². The average molecular weight is 464 g/mol. The van der Waals surface area contributed by atoms with Crippen LogP contribution in [0.3, 0.4) is 0 Å². The van der Waals surface area contributed by atoms with Gasteiger partial charge in [-0.15, -0.1) is 0 Å². The summed E-state index contributed by atoms with van der Waals surface area (Å²) in [6.07, 6.45) is 11.3. The van der Waals surface area contributed by atoms with Crippen LogP contribution in [0.25, 0.3) is 0 Å². The first-order valence-electron chi connectivity index (χ1n) is 13.3. The molecule has 1 aromatic carbocycles. The van der Waals surface area contributed by atoms with E-state index in [1.54, 1.807) is 6.07 Å². The number of hydrogen-bond acceptors (Lipinski definition) is 5. The molecule has 0 radical (unpaired) electrons. The fourth-order valence-electron chi connectivity index (χ4n) is 6.81. The highest BCUT2D eigenvalue weighted by Gasteiger charge is 2.59. The molecule has 184 valence electrons. The number of likely N-dealkylation sites (tertiary alicyclic amines) is 2. The summed E-state index contributed by atoms with van der Waals surface area (Å²) in [5, 5.41) is 23.1. The third-order valence-electron chi connectivity index (χ3n) is 9.17. The Morgan fingerprint density at radius 3 is 2.53 bits per heavy atom. The van der Waals surface area contributed by atoms with E-state index in [0.29, 0.717) is 5.75 Å². The van der Waals surface area contributed by atoms with Crippen LogP contribution in [-0.4, -0.2) is 69.4 Å². The molecule has 5 nitrogen and oxygen atoms in total. The van der Waals surface area contributed by atoms with Gasteiger partial charge in [-0.3, -0.25) is 9.88 Å². The van der Waals surface area contributed by atoms with Crippen LogP contribution in [0.15, 0.2) is 42.7 Å². The smallest absolute Gasteiger partial charge is 0.115 e. The Morgan fingerprint density at radius 1 is 1.03 bits per heavy atom. The number of aryl methyl sites for hydroxylation is 2. The van der Waals surface area contributed by atoms with Crippen molar-refractivity contribution in [3.63, 3.8) is 0 Å². The summed E-state index contributed by atoms with van der Waals surface area (Å²) in [6, 6.07) is 10.1. The van der Waals surface area contributed by atoms with E-state index in [0.717, 1.165) is 76.3 Å². The van der Waals surface area contributed by atoms with Gasteiger partial charge in [0.15, 0.2) is 0 Å². The second kappa shape index (κ2) is 9.60. The number of aromatic nitrogens is 1. The molecule has 1 aromatic heterocycles. The minimum atomic E-state index is -0.807. The van der Waals surface area contributed by atoms with Crippen LogP contribution in [-0.2, 0) is 11.8 Å². The van der Waals surface area contributed by atoms with E-state index in [-0.39, 0.29) is 11.5 Å². The Morgan fingerprint density at radius 2 is 1.76 bits per heavy atom. The zero-order valence-electron chi connectivity index (χ0n) is 20.9. The predicted octanol–water partition coefficient (Wildman–Crippen LogP) is 4.30. The number of aliphatic hydroxyl groups is 1. The van der Waals surface area contributed by atoms with Crippen LogP contribution in [0.5, 0.6) is 5.75 Å². The van der Waals surface area contributed by atoms with Crippen molar-refractivity contribution in [1.82, 2.24) is 14.8 Å². The first-order valence-corrected chi connectivity index (χ1v) is 13.3. The van der Waals surface area contributed by atoms with Crippen molar-refractivity contribution in [2.24, 2.45) is 5.92 Å². The Kier molecular flexibility index (Phi) is 6.71. The SMILES string of the molecule is Cc1ccc(O)cc1C12CCN(CCCc3ccncc3)CCC1(O)C(C)N(CC1CC1)CC2. The molecule has 3 aliphatic rings. The van der Waals surface area contributed by atoms with Gasteiger partial charge in [-0.25, -0.2) is 0 Å². The summed E-state index contributed by atoms with van der Waals surface area (Å²) in [4.78, 5) is 9.26. The molecule has 34 heavy (non-hydrogen) atoms. The largest absolute Gasteiger partial charge is 0.508 e. The van der Waals surface area contributed by atoms with E-state index in [9.17, 15) is 10.2 Å². The average Bonchev–Trinajstić information content (AvgIpc) is 3.67. The van der Waals surface area contributed by atoms with Crippen LogP contribution < -0.4 is 0 Å². The third kappa shape index (κ3) is 4.50. The van der Waals surface area contributed by atoms with Crippen LogP contribution >= 0.6 is 0 Å². The molecular formula is C29H41N3O2. The number of pyridine rings is 1. The lowest BCUT2D eigenvalue weighted by Crippen LogP contribution is -2.68. The first kappa shape index (κ1) is 23.8. The van der Waals surface area contributed by atoms with Gasteiger partial charge >= 0.3 is 0 Å². The van der Waals surface area contributed by atoms with Crippen LogP contribution in [0.2, 0.25) is 0 Å². The normalized spacial score (nSPS) is 30.6. The number of fused-ring (bicyclic) bond motifs is 1. The third-order valence-corrected chi connectivity index (χ3v) is 9.17. The van der Waals surface area contributed by atoms with Crippen LogP contribution in [0, 0.1) is 12.8 Å². The maximum atomic E-state index is 12.6. The fraction of sp³-hybridized carbons (Fsp3) is 0.621. The highest BCUT2D eigenvalue weighted by atomic mass is 16.3. The van der Waals surface area contributed by atoms with Crippen molar-refractivity contribution in [3.05, 3.63) is 59.4 Å². The van der Waals surface area contributed by atoms with Crippen LogP contribution in [0.1, 0.15) is 62.1 Å². The van der Waals surface area contributed by atoms with Gasteiger partial charge < -0.3 is 15.1 Å². The van der Waals surface area contributed by atoms with Gasteiger partial charge in [0.1, 0.15) is 5.75 Å². The summed E-state index contributed by atoms with van der Waals surface area (Å²) in [7, 11) is 0. The van der Waals surface area contributed by atoms with Gasteiger partial charge in [-0.05, 0) is 125 Å². The minimum Gasteiger partial charge on any atom is -0.508 e. The summed E-state index contributed by atoms with van der Waals surface area (Å²) >= 11 is 0. The lowest BCUT2D eigenvalue weighted by Gasteiger charge is -2.58. The van der Waals surface area contributed by atoms with E-state index in [1.165, 1.54) is 24.0 Å². The van der Waals surface area contributed by atoms with Crippen molar-refractivity contribution in [1.29, 1.82) is 0 Å². The Bertz CT molecular complexity index is 979. The molecule has 3 atom stereocenters. The lowest BCUT2D eigenvalue weighted by molar-refractivity contribution is -0.136. The van der Waals surface area contributed by atoms with E-state index in [2.05, 4.69) is 40.8 Å². The number of hydrogen-bond donors (Lipinski definition) is 2. The number of rotatable bonds is 7. The van der Waals surface area contributed by atoms with Crippen molar-refractivity contribution < 1.29 is 10.2 Å². The maximum absolute atomic E-state index is 12.6. The molecule has 2 aromatic rings. The van der Waals surface area contributed by atoms with Crippen molar-refractivity contribution in [2.45, 2.75) is 75.9 Å². The standard InChI is InChI=1S/C29H41N3O2/c1-22-5-8-26(33)20-27(22)28-11-17-31(16-3-4-24-9-14-30-15-10-24)18-13-29(28,34)23(2)32(19-12-28)21-25-6-7-25/h5,8-10,14-15,20,23,25,33-34H,3-4,6-7,11-13,16-19,21H2,1-2H3. The molecule has 0 spiro atoms. The van der Waals surface area contributed by atoms with Gasteiger partial charge in [0.05, 0.1) is 5.60 Å².